The lowest BCUT2D eigenvalue weighted by atomic mass is 9.86. The summed E-state index contributed by atoms with van der Waals surface area (Å²) in [5, 5.41) is 0. The van der Waals surface area contributed by atoms with Crippen LogP contribution in [-0.4, -0.2) is 29.4 Å². The Balaban J connectivity index is 1.88. The van der Waals surface area contributed by atoms with Gasteiger partial charge in [-0.05, 0) is 43.4 Å². The molecule has 1 aliphatic carbocycles. The molecule has 2 N–H and O–H groups in total. The van der Waals surface area contributed by atoms with E-state index >= 15 is 0 Å². The van der Waals surface area contributed by atoms with Crippen LogP contribution in [0.5, 0.6) is 0 Å². The number of amides is 1. The van der Waals surface area contributed by atoms with Gasteiger partial charge in [-0.25, -0.2) is 0 Å². The summed E-state index contributed by atoms with van der Waals surface area (Å²) >= 11 is 0. The number of likely N-dealkylation sites (tertiary alicyclic amines) is 1. The minimum atomic E-state index is 0.00859. The third-order valence-electron chi connectivity index (χ3n) is 4.62. The summed E-state index contributed by atoms with van der Waals surface area (Å²) in [6.45, 7) is 7.52. The monoisotopic (exact) mass is 266 g/mol. The number of carbonyl (C=O) groups is 1. The lowest BCUT2D eigenvalue weighted by Crippen LogP contribution is -2.47. The van der Waals surface area contributed by atoms with Crippen molar-refractivity contribution in [2.45, 2.75) is 77.8 Å². The van der Waals surface area contributed by atoms with Crippen LogP contribution in [0.2, 0.25) is 0 Å². The molecule has 1 saturated heterocycles. The molecule has 3 nitrogen and oxygen atoms in total. The summed E-state index contributed by atoms with van der Waals surface area (Å²) in [4.78, 5) is 14.6. The van der Waals surface area contributed by atoms with Gasteiger partial charge in [0.2, 0.25) is 5.91 Å². The predicted molar refractivity (Wildman–Crippen MR) is 78.7 cm³/mol. The van der Waals surface area contributed by atoms with Gasteiger partial charge in [0.15, 0.2) is 0 Å². The van der Waals surface area contributed by atoms with Crippen LogP contribution in [0, 0.1) is 11.3 Å². The van der Waals surface area contributed by atoms with Gasteiger partial charge in [-0.1, -0.05) is 27.2 Å². The number of rotatable bonds is 3. The standard InChI is InChI=1S/C16H30N2O/c1-16(2,3)11-13(17)10-15(19)18-9-5-7-12-6-4-8-14(12)18/h12-14H,4-11,17H2,1-3H3. The molecule has 0 aromatic carbocycles. The summed E-state index contributed by atoms with van der Waals surface area (Å²) in [5.41, 5.74) is 6.36. The van der Waals surface area contributed by atoms with E-state index in [9.17, 15) is 4.79 Å². The Morgan fingerprint density at radius 1 is 1.26 bits per heavy atom. The lowest BCUT2D eigenvalue weighted by molar-refractivity contribution is -0.136. The van der Waals surface area contributed by atoms with E-state index in [-0.39, 0.29) is 11.5 Å². The van der Waals surface area contributed by atoms with Gasteiger partial charge in [0, 0.05) is 25.0 Å². The number of piperidine rings is 1. The van der Waals surface area contributed by atoms with Crippen molar-refractivity contribution in [2.75, 3.05) is 6.54 Å². The van der Waals surface area contributed by atoms with E-state index in [1.165, 1.54) is 32.1 Å². The molecule has 3 heteroatoms. The molecule has 1 amide bonds. The molecule has 2 fully saturated rings. The van der Waals surface area contributed by atoms with Gasteiger partial charge in [-0.15, -0.1) is 0 Å². The van der Waals surface area contributed by atoms with Gasteiger partial charge in [0.25, 0.3) is 0 Å². The molecule has 110 valence electrons. The fourth-order valence-corrected chi connectivity index (χ4v) is 3.96. The summed E-state index contributed by atoms with van der Waals surface area (Å²) < 4.78 is 0. The van der Waals surface area contributed by atoms with E-state index in [2.05, 4.69) is 25.7 Å². The number of hydrogen-bond acceptors (Lipinski definition) is 2. The molecule has 0 bridgehead atoms. The highest BCUT2D eigenvalue weighted by Crippen LogP contribution is 2.37. The number of hydrogen-bond donors (Lipinski definition) is 1. The molecule has 0 radical (unpaired) electrons. The Morgan fingerprint density at radius 3 is 2.63 bits per heavy atom. The number of nitrogens with two attached hydrogens (primary N) is 1. The van der Waals surface area contributed by atoms with Gasteiger partial charge in [-0.2, -0.15) is 0 Å². The van der Waals surface area contributed by atoms with Gasteiger partial charge in [0.05, 0.1) is 0 Å². The molecule has 19 heavy (non-hydrogen) atoms. The van der Waals surface area contributed by atoms with Crippen LogP contribution < -0.4 is 5.73 Å². The first-order valence-electron chi connectivity index (χ1n) is 7.92. The van der Waals surface area contributed by atoms with Crippen molar-refractivity contribution < 1.29 is 4.79 Å². The average molecular weight is 266 g/mol. The zero-order valence-corrected chi connectivity index (χ0v) is 12.8. The van der Waals surface area contributed by atoms with E-state index in [1.54, 1.807) is 0 Å². The average Bonchev–Trinajstić information content (AvgIpc) is 2.73. The normalized spacial score (nSPS) is 29.2. The topological polar surface area (TPSA) is 46.3 Å². The minimum absolute atomic E-state index is 0.00859. The summed E-state index contributed by atoms with van der Waals surface area (Å²) in [7, 11) is 0. The minimum Gasteiger partial charge on any atom is -0.339 e. The number of carbonyl (C=O) groups excluding carboxylic acids is 1. The quantitative estimate of drug-likeness (QED) is 0.853. The van der Waals surface area contributed by atoms with Gasteiger partial charge in [-0.3, -0.25) is 4.79 Å². The predicted octanol–water partition coefficient (Wildman–Crippen LogP) is 2.93. The maximum Gasteiger partial charge on any atom is 0.224 e. The molecule has 1 saturated carbocycles. The molecule has 0 aromatic heterocycles. The summed E-state index contributed by atoms with van der Waals surface area (Å²) in [6.07, 6.45) is 7.78. The number of nitrogens with zero attached hydrogens (tertiary/aromatic N) is 1. The molecule has 3 unspecified atom stereocenters. The van der Waals surface area contributed by atoms with Crippen LogP contribution in [0.3, 0.4) is 0 Å². The van der Waals surface area contributed by atoms with Crippen LogP contribution in [0.25, 0.3) is 0 Å². The molecule has 2 rings (SSSR count). The van der Waals surface area contributed by atoms with Gasteiger partial charge in [0.1, 0.15) is 0 Å². The Bertz CT molecular complexity index is 321. The second kappa shape index (κ2) is 5.82. The van der Waals surface area contributed by atoms with E-state index < -0.39 is 0 Å². The highest BCUT2D eigenvalue weighted by atomic mass is 16.2. The van der Waals surface area contributed by atoms with Crippen molar-refractivity contribution in [2.24, 2.45) is 17.1 Å². The molecule has 1 aliphatic heterocycles. The Hall–Kier alpha value is -0.570. The SMILES string of the molecule is CC(C)(C)CC(N)CC(=O)N1CCCC2CCCC21. The van der Waals surface area contributed by atoms with Gasteiger partial charge < -0.3 is 10.6 Å². The molecule has 1 heterocycles. The van der Waals surface area contributed by atoms with Crippen molar-refractivity contribution in [1.82, 2.24) is 4.90 Å². The molecule has 0 spiro atoms. The van der Waals surface area contributed by atoms with Crippen molar-refractivity contribution in [3.05, 3.63) is 0 Å². The third-order valence-corrected chi connectivity index (χ3v) is 4.62. The largest absolute Gasteiger partial charge is 0.339 e. The second-order valence-electron chi connectivity index (χ2n) is 7.72. The van der Waals surface area contributed by atoms with E-state index in [1.807, 2.05) is 0 Å². The third kappa shape index (κ3) is 3.95. The maximum absolute atomic E-state index is 12.5. The first-order chi connectivity index (χ1) is 8.87. The fraction of sp³-hybridized carbons (Fsp3) is 0.938. The lowest BCUT2D eigenvalue weighted by Gasteiger charge is -2.38. The van der Waals surface area contributed by atoms with E-state index in [0.29, 0.717) is 18.4 Å². The van der Waals surface area contributed by atoms with Crippen LogP contribution >= 0.6 is 0 Å². The van der Waals surface area contributed by atoms with Crippen molar-refractivity contribution in [3.8, 4) is 0 Å². The van der Waals surface area contributed by atoms with Crippen LogP contribution in [0.4, 0.5) is 0 Å². The number of fused-ring (bicyclic) bond motifs is 1. The van der Waals surface area contributed by atoms with Crippen molar-refractivity contribution in [3.63, 3.8) is 0 Å². The van der Waals surface area contributed by atoms with Crippen LogP contribution in [-0.2, 0) is 4.79 Å². The Labute approximate surface area is 117 Å². The van der Waals surface area contributed by atoms with Crippen molar-refractivity contribution in [1.29, 1.82) is 0 Å². The summed E-state index contributed by atoms with van der Waals surface area (Å²) in [6, 6.07) is 0.539. The second-order valence-corrected chi connectivity index (χ2v) is 7.72. The molecular formula is C16H30N2O. The molecule has 0 aromatic rings. The first kappa shape index (κ1) is 14.8. The molecule has 2 aliphatic rings. The Morgan fingerprint density at radius 2 is 1.95 bits per heavy atom. The van der Waals surface area contributed by atoms with Crippen LogP contribution in [0.15, 0.2) is 0 Å². The Kier molecular flexibility index (Phi) is 4.54. The summed E-state index contributed by atoms with van der Waals surface area (Å²) in [5.74, 6) is 1.07. The smallest absolute Gasteiger partial charge is 0.224 e. The van der Waals surface area contributed by atoms with Crippen molar-refractivity contribution >= 4 is 5.91 Å². The van der Waals surface area contributed by atoms with Crippen LogP contribution in [0.1, 0.15) is 65.7 Å². The molecular weight excluding hydrogens is 236 g/mol. The molecule has 3 atom stereocenters. The van der Waals surface area contributed by atoms with E-state index in [0.717, 1.165) is 18.9 Å². The highest BCUT2D eigenvalue weighted by Gasteiger charge is 2.37. The van der Waals surface area contributed by atoms with Gasteiger partial charge >= 0.3 is 0 Å². The fourth-order valence-electron chi connectivity index (χ4n) is 3.96. The maximum atomic E-state index is 12.5. The highest BCUT2D eigenvalue weighted by molar-refractivity contribution is 5.77. The zero-order chi connectivity index (χ0) is 14.0. The van der Waals surface area contributed by atoms with E-state index in [4.69, 9.17) is 5.73 Å². The zero-order valence-electron chi connectivity index (χ0n) is 12.8. The first-order valence-corrected chi connectivity index (χ1v) is 7.92.